The number of rotatable bonds is 8. The van der Waals surface area contributed by atoms with Crippen LogP contribution in [0.5, 0.6) is 0 Å². The van der Waals surface area contributed by atoms with Gasteiger partial charge >= 0.3 is 5.97 Å². The molecule has 0 radical (unpaired) electrons. The lowest BCUT2D eigenvalue weighted by Crippen LogP contribution is -2.27. The molecule has 0 aliphatic carbocycles. The summed E-state index contributed by atoms with van der Waals surface area (Å²) in [4.78, 5) is 43.6. The van der Waals surface area contributed by atoms with Gasteiger partial charge in [0.05, 0.1) is 11.5 Å². The predicted octanol–water partition coefficient (Wildman–Crippen LogP) is 1.62. The molecule has 0 N–H and O–H groups in total. The second-order valence-corrected chi connectivity index (χ2v) is 4.40. The summed E-state index contributed by atoms with van der Waals surface area (Å²) in [6, 6.07) is 4.97. The zero-order valence-electron chi connectivity index (χ0n) is 11.8. The van der Waals surface area contributed by atoms with Crippen molar-refractivity contribution >= 4 is 17.4 Å². The van der Waals surface area contributed by atoms with E-state index in [0.29, 0.717) is 0 Å². The molecule has 9 nitrogen and oxygen atoms in total. The predicted molar refractivity (Wildman–Crippen MR) is 74.0 cm³/mol. The van der Waals surface area contributed by atoms with E-state index in [4.69, 9.17) is 4.74 Å². The van der Waals surface area contributed by atoms with Crippen molar-refractivity contribution < 1.29 is 24.2 Å². The van der Waals surface area contributed by atoms with Crippen LogP contribution in [0.25, 0.3) is 0 Å². The van der Waals surface area contributed by atoms with Crippen LogP contribution < -0.4 is 0 Å². The molecule has 0 aliphatic rings. The van der Waals surface area contributed by atoms with E-state index in [1.54, 1.807) is 6.92 Å². The van der Waals surface area contributed by atoms with Crippen molar-refractivity contribution in [2.45, 2.75) is 13.3 Å². The third-order valence-corrected chi connectivity index (χ3v) is 2.80. The number of non-ortho nitro benzene ring substituents is 1. The Hall–Kier alpha value is -2.84. The van der Waals surface area contributed by atoms with Crippen LogP contribution in [0.2, 0.25) is 0 Å². The fourth-order valence-corrected chi connectivity index (χ4v) is 1.80. The molecule has 0 amide bonds. The first kappa shape index (κ1) is 17.2. The van der Waals surface area contributed by atoms with E-state index in [1.807, 2.05) is 0 Å². The highest BCUT2D eigenvalue weighted by Crippen LogP contribution is 2.17. The molecule has 0 fully saturated rings. The number of carbonyl (C=O) groups excluding carboxylic acids is 2. The smallest absolute Gasteiger partial charge is 0.316 e. The summed E-state index contributed by atoms with van der Waals surface area (Å²) < 4.78 is 4.70. The molecule has 0 aromatic heterocycles. The van der Waals surface area contributed by atoms with Gasteiger partial charge in [0.2, 0.25) is 6.54 Å². The van der Waals surface area contributed by atoms with Gasteiger partial charge in [-0.15, -0.1) is 0 Å². The molecule has 22 heavy (non-hydrogen) atoms. The summed E-state index contributed by atoms with van der Waals surface area (Å²) in [6.07, 6.45) is -0.443. The third-order valence-electron chi connectivity index (χ3n) is 2.80. The SMILES string of the molecule is CCOC(=O)[C@H](CC(=O)c1cccc([N+](=O)[O-])c1)C[N+](=O)[O-]. The van der Waals surface area contributed by atoms with Crippen molar-refractivity contribution in [1.29, 1.82) is 0 Å². The molecule has 118 valence electrons. The second kappa shape index (κ2) is 7.81. The van der Waals surface area contributed by atoms with E-state index in [0.717, 1.165) is 6.07 Å². The van der Waals surface area contributed by atoms with Gasteiger partial charge in [-0.25, -0.2) is 0 Å². The number of nitro groups is 2. The Morgan fingerprint density at radius 3 is 2.50 bits per heavy atom. The lowest BCUT2D eigenvalue weighted by molar-refractivity contribution is -0.485. The Kier molecular flexibility index (Phi) is 6.11. The molecular weight excluding hydrogens is 296 g/mol. The van der Waals surface area contributed by atoms with Gasteiger partial charge in [0.25, 0.3) is 5.69 Å². The van der Waals surface area contributed by atoms with Crippen LogP contribution in [-0.4, -0.2) is 34.8 Å². The summed E-state index contributed by atoms with van der Waals surface area (Å²) in [6.45, 7) is 0.848. The molecule has 1 rings (SSSR count). The number of ketones is 1. The highest BCUT2D eigenvalue weighted by atomic mass is 16.6. The molecule has 1 atom stereocenters. The normalized spacial score (nSPS) is 11.5. The highest BCUT2D eigenvalue weighted by molar-refractivity contribution is 5.98. The molecule has 1 aromatic carbocycles. The Bertz CT molecular complexity index is 600. The Balaban J connectivity index is 2.90. The molecule has 9 heteroatoms. The van der Waals surface area contributed by atoms with Crippen molar-refractivity contribution in [3.8, 4) is 0 Å². The zero-order chi connectivity index (χ0) is 16.7. The number of Topliss-reactive ketones (excluding diaryl/α,β-unsaturated/α-hetero) is 1. The number of nitrogens with zero attached hydrogens (tertiary/aromatic N) is 2. The van der Waals surface area contributed by atoms with E-state index in [-0.39, 0.29) is 17.9 Å². The molecule has 0 unspecified atom stereocenters. The topological polar surface area (TPSA) is 130 Å². The fraction of sp³-hybridized carbons (Fsp3) is 0.385. The first-order valence-electron chi connectivity index (χ1n) is 6.41. The number of esters is 1. The van der Waals surface area contributed by atoms with Crippen LogP contribution in [0.1, 0.15) is 23.7 Å². The van der Waals surface area contributed by atoms with Gasteiger partial charge in [0.15, 0.2) is 5.78 Å². The summed E-state index contributed by atoms with van der Waals surface area (Å²) in [5.74, 6) is -2.65. The minimum atomic E-state index is -1.22. The monoisotopic (exact) mass is 310 g/mol. The maximum atomic E-state index is 12.1. The lowest BCUT2D eigenvalue weighted by atomic mass is 9.98. The summed E-state index contributed by atoms with van der Waals surface area (Å²) in [5, 5.41) is 21.2. The van der Waals surface area contributed by atoms with Crippen LogP contribution in [0, 0.1) is 26.1 Å². The van der Waals surface area contributed by atoms with Crippen molar-refractivity contribution in [3.05, 3.63) is 50.1 Å². The van der Waals surface area contributed by atoms with Gasteiger partial charge in [0, 0.05) is 29.0 Å². The highest BCUT2D eigenvalue weighted by Gasteiger charge is 2.29. The number of hydrogen-bond donors (Lipinski definition) is 0. The first-order chi connectivity index (χ1) is 10.3. The number of carbonyl (C=O) groups is 2. The van der Waals surface area contributed by atoms with Gasteiger partial charge in [0.1, 0.15) is 5.92 Å². The maximum Gasteiger partial charge on any atom is 0.316 e. The summed E-state index contributed by atoms with van der Waals surface area (Å²) in [5.41, 5.74) is -0.250. The molecular formula is C13H14N2O7. The van der Waals surface area contributed by atoms with Crippen molar-refractivity contribution in [3.63, 3.8) is 0 Å². The van der Waals surface area contributed by atoms with Crippen LogP contribution in [0.4, 0.5) is 5.69 Å². The molecule has 0 saturated heterocycles. The first-order valence-corrected chi connectivity index (χ1v) is 6.41. The third kappa shape index (κ3) is 4.93. The molecule has 1 aromatic rings. The van der Waals surface area contributed by atoms with Crippen LogP contribution in [-0.2, 0) is 9.53 Å². The van der Waals surface area contributed by atoms with E-state index in [9.17, 15) is 29.8 Å². The summed E-state index contributed by atoms with van der Waals surface area (Å²) >= 11 is 0. The Labute approximate surface area is 125 Å². The van der Waals surface area contributed by atoms with E-state index < -0.39 is 40.5 Å². The van der Waals surface area contributed by atoms with Crippen molar-refractivity contribution in [2.75, 3.05) is 13.2 Å². The van der Waals surface area contributed by atoms with Gasteiger partial charge in [-0.3, -0.25) is 29.8 Å². The van der Waals surface area contributed by atoms with Crippen molar-refractivity contribution in [2.24, 2.45) is 5.92 Å². The molecule has 0 heterocycles. The maximum absolute atomic E-state index is 12.1. The van der Waals surface area contributed by atoms with Crippen LogP contribution >= 0.6 is 0 Å². The largest absolute Gasteiger partial charge is 0.466 e. The average molecular weight is 310 g/mol. The quantitative estimate of drug-likeness (QED) is 0.308. The number of nitro benzene ring substituents is 1. The van der Waals surface area contributed by atoms with E-state index in [2.05, 4.69) is 0 Å². The Morgan fingerprint density at radius 2 is 1.95 bits per heavy atom. The fourth-order valence-electron chi connectivity index (χ4n) is 1.80. The minimum absolute atomic E-state index is 0.0202. The molecule has 0 saturated carbocycles. The molecule has 0 spiro atoms. The van der Waals surface area contributed by atoms with Crippen molar-refractivity contribution in [1.82, 2.24) is 0 Å². The van der Waals surface area contributed by atoms with E-state index in [1.165, 1.54) is 18.2 Å². The zero-order valence-corrected chi connectivity index (χ0v) is 11.8. The van der Waals surface area contributed by atoms with Gasteiger partial charge < -0.3 is 4.74 Å². The van der Waals surface area contributed by atoms with Gasteiger partial charge in [-0.1, -0.05) is 12.1 Å². The van der Waals surface area contributed by atoms with Gasteiger partial charge in [-0.2, -0.15) is 0 Å². The van der Waals surface area contributed by atoms with Crippen LogP contribution in [0.15, 0.2) is 24.3 Å². The number of hydrogen-bond acceptors (Lipinski definition) is 7. The molecule has 0 bridgehead atoms. The second-order valence-electron chi connectivity index (χ2n) is 4.40. The minimum Gasteiger partial charge on any atom is -0.466 e. The number of ether oxygens (including phenoxy) is 1. The lowest BCUT2D eigenvalue weighted by Gasteiger charge is -2.11. The van der Waals surface area contributed by atoms with Crippen LogP contribution in [0.3, 0.4) is 0 Å². The number of benzene rings is 1. The standard InChI is InChI=1S/C13H14N2O7/c1-2-22-13(17)10(8-14(18)19)7-12(16)9-4-3-5-11(6-9)15(20)21/h3-6,10H,2,7-8H2,1H3/t10-/m1/s1. The Morgan fingerprint density at radius 1 is 1.27 bits per heavy atom. The molecule has 0 aliphatic heterocycles. The van der Waals surface area contributed by atoms with Gasteiger partial charge in [-0.05, 0) is 6.92 Å². The average Bonchev–Trinajstić information content (AvgIpc) is 2.46. The summed E-state index contributed by atoms with van der Waals surface area (Å²) in [7, 11) is 0. The van der Waals surface area contributed by atoms with E-state index >= 15 is 0 Å².